The number of hydrogen-bond donors (Lipinski definition) is 1. The maximum absolute atomic E-state index is 12.2. The summed E-state index contributed by atoms with van der Waals surface area (Å²) in [6.07, 6.45) is 0.380. The van der Waals surface area contributed by atoms with Crippen LogP contribution in [0.3, 0.4) is 0 Å². The third-order valence-corrected chi connectivity index (χ3v) is 2.98. The fourth-order valence-electron chi connectivity index (χ4n) is 2.11. The quantitative estimate of drug-likeness (QED) is 0.920. The lowest BCUT2D eigenvalue weighted by atomic mass is 10.1. The molecule has 3 nitrogen and oxygen atoms in total. The highest BCUT2D eigenvalue weighted by Crippen LogP contribution is 2.14. The first-order chi connectivity index (χ1) is 9.58. The van der Waals surface area contributed by atoms with Gasteiger partial charge in [-0.2, -0.15) is 5.26 Å². The highest BCUT2D eigenvalue weighted by molar-refractivity contribution is 6.04. The van der Waals surface area contributed by atoms with Crippen molar-refractivity contribution >= 4 is 11.6 Å². The molecule has 3 heteroatoms. The molecular weight excluding hydrogens is 248 g/mol. The van der Waals surface area contributed by atoms with E-state index in [0.29, 0.717) is 12.0 Å². The molecule has 0 heterocycles. The molecule has 0 radical (unpaired) electrons. The average Bonchev–Trinajstić information content (AvgIpc) is 2.40. The molecule has 0 aromatic heterocycles. The molecule has 0 saturated heterocycles. The van der Waals surface area contributed by atoms with Gasteiger partial charge in [-0.05, 0) is 43.7 Å². The van der Waals surface area contributed by atoms with E-state index in [9.17, 15) is 4.79 Å². The normalized spacial score (nSPS) is 9.85. The second-order valence-electron chi connectivity index (χ2n) is 4.86. The largest absolute Gasteiger partial charge is 0.322 e. The van der Waals surface area contributed by atoms with Crippen LogP contribution < -0.4 is 5.32 Å². The van der Waals surface area contributed by atoms with Crippen molar-refractivity contribution in [1.29, 1.82) is 5.26 Å². The van der Waals surface area contributed by atoms with Crippen LogP contribution in [0.1, 0.15) is 27.0 Å². The first-order valence-electron chi connectivity index (χ1n) is 6.44. The molecule has 0 atom stereocenters. The molecule has 0 fully saturated rings. The average molecular weight is 264 g/mol. The number of nitrogens with zero attached hydrogens (tertiary/aromatic N) is 1. The minimum absolute atomic E-state index is 0.121. The van der Waals surface area contributed by atoms with E-state index in [4.69, 9.17) is 5.26 Å². The van der Waals surface area contributed by atoms with Crippen LogP contribution in [0.2, 0.25) is 0 Å². The zero-order valence-corrected chi connectivity index (χ0v) is 11.6. The summed E-state index contributed by atoms with van der Waals surface area (Å²) in [6.45, 7) is 3.95. The van der Waals surface area contributed by atoms with Crippen LogP contribution in [0.25, 0.3) is 0 Å². The second kappa shape index (κ2) is 6.03. The number of rotatable bonds is 3. The Morgan fingerprint density at radius 2 is 1.70 bits per heavy atom. The lowest BCUT2D eigenvalue weighted by molar-refractivity contribution is 0.102. The molecule has 100 valence electrons. The van der Waals surface area contributed by atoms with Gasteiger partial charge in [0.25, 0.3) is 5.91 Å². The number of amides is 1. The summed E-state index contributed by atoms with van der Waals surface area (Å²) in [5, 5.41) is 11.5. The van der Waals surface area contributed by atoms with E-state index in [-0.39, 0.29) is 5.91 Å². The van der Waals surface area contributed by atoms with Crippen LogP contribution in [-0.4, -0.2) is 5.91 Å². The molecule has 0 unspecified atom stereocenters. The summed E-state index contributed by atoms with van der Waals surface area (Å²) < 4.78 is 0. The highest BCUT2D eigenvalue weighted by atomic mass is 16.1. The van der Waals surface area contributed by atoms with Gasteiger partial charge in [0.15, 0.2) is 0 Å². The third-order valence-electron chi connectivity index (χ3n) is 2.98. The van der Waals surface area contributed by atoms with Crippen LogP contribution in [-0.2, 0) is 6.42 Å². The number of aryl methyl sites for hydroxylation is 2. The fraction of sp³-hybridized carbons (Fsp3) is 0.176. The van der Waals surface area contributed by atoms with Crippen molar-refractivity contribution < 1.29 is 4.79 Å². The van der Waals surface area contributed by atoms with Gasteiger partial charge in [-0.25, -0.2) is 0 Å². The minimum Gasteiger partial charge on any atom is -0.322 e. The lowest BCUT2D eigenvalue weighted by Gasteiger charge is -2.07. The maximum atomic E-state index is 12.2. The van der Waals surface area contributed by atoms with E-state index in [1.165, 1.54) is 0 Å². The molecule has 2 aromatic carbocycles. The molecule has 0 aliphatic carbocycles. The van der Waals surface area contributed by atoms with Gasteiger partial charge in [0.2, 0.25) is 0 Å². The summed E-state index contributed by atoms with van der Waals surface area (Å²) in [7, 11) is 0. The molecule has 0 bridgehead atoms. The number of anilines is 1. The molecule has 1 N–H and O–H groups in total. The van der Waals surface area contributed by atoms with Gasteiger partial charge in [0, 0.05) is 11.3 Å². The van der Waals surface area contributed by atoms with E-state index in [2.05, 4.69) is 11.4 Å². The third kappa shape index (κ3) is 3.46. The van der Waals surface area contributed by atoms with Gasteiger partial charge in [0.1, 0.15) is 0 Å². The van der Waals surface area contributed by atoms with E-state index >= 15 is 0 Å². The molecule has 0 spiro atoms. The number of carbonyl (C=O) groups excluding carboxylic acids is 1. The predicted molar refractivity (Wildman–Crippen MR) is 79.6 cm³/mol. The smallest absolute Gasteiger partial charge is 0.255 e. The van der Waals surface area contributed by atoms with E-state index in [1.54, 1.807) is 0 Å². The lowest BCUT2D eigenvalue weighted by Crippen LogP contribution is -2.12. The molecule has 0 aliphatic rings. The summed E-state index contributed by atoms with van der Waals surface area (Å²) in [5.74, 6) is -0.121. The Morgan fingerprint density at radius 3 is 2.25 bits per heavy atom. The van der Waals surface area contributed by atoms with Crippen LogP contribution in [0.4, 0.5) is 5.69 Å². The van der Waals surface area contributed by atoms with Crippen molar-refractivity contribution in [3.63, 3.8) is 0 Å². The van der Waals surface area contributed by atoms with Gasteiger partial charge in [0.05, 0.1) is 12.5 Å². The summed E-state index contributed by atoms with van der Waals surface area (Å²) in [4.78, 5) is 12.2. The zero-order valence-electron chi connectivity index (χ0n) is 11.6. The van der Waals surface area contributed by atoms with E-state index < -0.39 is 0 Å². The van der Waals surface area contributed by atoms with Crippen molar-refractivity contribution in [3.8, 4) is 6.07 Å². The Kier molecular flexibility index (Phi) is 4.17. The van der Waals surface area contributed by atoms with Crippen molar-refractivity contribution in [3.05, 3.63) is 64.7 Å². The van der Waals surface area contributed by atoms with E-state index in [1.807, 2.05) is 56.3 Å². The SMILES string of the molecule is Cc1cc(C)cc(C(=O)Nc2ccc(CC#N)cc2)c1. The number of hydrogen-bond acceptors (Lipinski definition) is 2. The van der Waals surface area contributed by atoms with Gasteiger partial charge in [-0.3, -0.25) is 4.79 Å². The summed E-state index contributed by atoms with van der Waals surface area (Å²) in [5.41, 5.74) is 4.47. The summed E-state index contributed by atoms with van der Waals surface area (Å²) in [6, 6.07) is 15.2. The fourth-order valence-corrected chi connectivity index (χ4v) is 2.11. The Hall–Kier alpha value is -2.60. The van der Waals surface area contributed by atoms with Crippen LogP contribution >= 0.6 is 0 Å². The van der Waals surface area contributed by atoms with E-state index in [0.717, 1.165) is 22.4 Å². The van der Waals surface area contributed by atoms with Crippen molar-refractivity contribution in [2.45, 2.75) is 20.3 Å². The molecule has 1 amide bonds. The number of carbonyl (C=O) groups is 1. The van der Waals surface area contributed by atoms with Crippen LogP contribution in [0.15, 0.2) is 42.5 Å². The summed E-state index contributed by atoms with van der Waals surface area (Å²) >= 11 is 0. The number of nitriles is 1. The number of nitrogens with one attached hydrogen (secondary N) is 1. The topological polar surface area (TPSA) is 52.9 Å². The Morgan fingerprint density at radius 1 is 1.10 bits per heavy atom. The van der Waals surface area contributed by atoms with Crippen molar-refractivity contribution in [2.75, 3.05) is 5.32 Å². The first kappa shape index (κ1) is 13.8. The molecule has 0 saturated carbocycles. The standard InChI is InChI=1S/C17H16N2O/c1-12-9-13(2)11-15(10-12)17(20)19-16-5-3-14(4-6-16)7-8-18/h3-6,9-11H,7H2,1-2H3,(H,19,20). The molecule has 2 rings (SSSR count). The van der Waals surface area contributed by atoms with Crippen LogP contribution in [0, 0.1) is 25.2 Å². The van der Waals surface area contributed by atoms with Crippen molar-refractivity contribution in [2.24, 2.45) is 0 Å². The molecule has 2 aromatic rings. The van der Waals surface area contributed by atoms with Gasteiger partial charge < -0.3 is 5.32 Å². The van der Waals surface area contributed by atoms with Gasteiger partial charge >= 0.3 is 0 Å². The van der Waals surface area contributed by atoms with Crippen LogP contribution in [0.5, 0.6) is 0 Å². The molecular formula is C17H16N2O. The Bertz CT molecular complexity index is 646. The highest BCUT2D eigenvalue weighted by Gasteiger charge is 2.07. The Labute approximate surface area is 118 Å². The second-order valence-corrected chi connectivity index (χ2v) is 4.86. The van der Waals surface area contributed by atoms with Crippen molar-refractivity contribution in [1.82, 2.24) is 0 Å². The molecule has 20 heavy (non-hydrogen) atoms. The Balaban J connectivity index is 2.13. The number of benzene rings is 2. The maximum Gasteiger partial charge on any atom is 0.255 e. The van der Waals surface area contributed by atoms with Gasteiger partial charge in [-0.15, -0.1) is 0 Å². The first-order valence-corrected chi connectivity index (χ1v) is 6.44. The predicted octanol–water partition coefficient (Wildman–Crippen LogP) is 3.62. The van der Waals surface area contributed by atoms with Gasteiger partial charge in [-0.1, -0.05) is 29.3 Å². The minimum atomic E-state index is -0.121. The molecule has 0 aliphatic heterocycles. The zero-order chi connectivity index (χ0) is 14.5. The monoisotopic (exact) mass is 264 g/mol.